The van der Waals surface area contributed by atoms with Gasteiger partial charge in [-0.3, -0.25) is 4.79 Å². The molecule has 0 aliphatic rings. The molecule has 3 aromatic rings. The van der Waals surface area contributed by atoms with Crippen LogP contribution in [0.3, 0.4) is 0 Å². The molecular formula is C19H18N2O3S2. The molecule has 1 amide bonds. The molecule has 3 rings (SSSR count). The number of aromatic nitrogens is 1. The number of rotatable bonds is 7. The van der Waals surface area contributed by atoms with Crippen molar-refractivity contribution >= 4 is 34.6 Å². The maximum absolute atomic E-state index is 12.4. The molecule has 0 saturated heterocycles. The van der Waals surface area contributed by atoms with Gasteiger partial charge in [0.25, 0.3) is 5.91 Å². The third kappa shape index (κ3) is 4.77. The summed E-state index contributed by atoms with van der Waals surface area (Å²) in [6.45, 7) is 2.06. The molecule has 0 radical (unpaired) electrons. The number of carbonyl (C=O) groups is 2. The van der Waals surface area contributed by atoms with Gasteiger partial charge < -0.3 is 10.1 Å². The number of nitrogens with zero attached hydrogens (tertiary/aromatic N) is 1. The van der Waals surface area contributed by atoms with Crippen LogP contribution in [0.2, 0.25) is 0 Å². The van der Waals surface area contributed by atoms with Crippen LogP contribution >= 0.6 is 22.7 Å². The number of nitrogens with one attached hydrogen (secondary N) is 1. The Bertz CT molecular complexity index is 874. The van der Waals surface area contributed by atoms with E-state index in [9.17, 15) is 9.59 Å². The van der Waals surface area contributed by atoms with E-state index in [-0.39, 0.29) is 12.5 Å². The second-order valence-corrected chi connectivity index (χ2v) is 7.77. The summed E-state index contributed by atoms with van der Waals surface area (Å²) in [7, 11) is 0. The minimum Gasteiger partial charge on any atom is -0.451 e. The Morgan fingerprint density at radius 1 is 1.15 bits per heavy atom. The minimum atomic E-state index is -0.525. The molecule has 5 nitrogen and oxygen atoms in total. The molecule has 2 aromatic heterocycles. The van der Waals surface area contributed by atoms with Crippen molar-refractivity contribution in [3.8, 4) is 11.3 Å². The number of esters is 1. The first-order valence-corrected chi connectivity index (χ1v) is 9.82. The van der Waals surface area contributed by atoms with E-state index in [1.165, 1.54) is 16.2 Å². The Labute approximate surface area is 159 Å². The lowest BCUT2D eigenvalue weighted by Gasteiger charge is -2.06. The Balaban J connectivity index is 1.54. The highest BCUT2D eigenvalue weighted by molar-refractivity contribution is 7.14. The number of aryl methyl sites for hydroxylation is 1. The molecule has 2 heterocycles. The highest BCUT2D eigenvalue weighted by Gasteiger charge is 2.20. The standard InChI is InChI=1S/C19H18N2O3S2/c1-13-21-17(14-6-3-2-4-7-14)18(26-13)19(23)24-12-16(22)20-10-9-15-8-5-11-25-15/h2-8,11H,9-10,12H2,1H3,(H,20,22). The van der Waals surface area contributed by atoms with Crippen LogP contribution in [0.15, 0.2) is 47.8 Å². The SMILES string of the molecule is Cc1nc(-c2ccccc2)c(C(=O)OCC(=O)NCCc2cccs2)s1. The van der Waals surface area contributed by atoms with Crippen molar-refractivity contribution in [1.82, 2.24) is 10.3 Å². The van der Waals surface area contributed by atoms with E-state index in [0.717, 1.165) is 17.0 Å². The van der Waals surface area contributed by atoms with Crippen LogP contribution in [0.25, 0.3) is 11.3 Å². The van der Waals surface area contributed by atoms with Crippen LogP contribution < -0.4 is 5.32 Å². The van der Waals surface area contributed by atoms with Gasteiger partial charge in [0.05, 0.1) is 10.7 Å². The van der Waals surface area contributed by atoms with E-state index in [1.54, 1.807) is 11.3 Å². The van der Waals surface area contributed by atoms with Crippen molar-refractivity contribution in [2.24, 2.45) is 0 Å². The molecule has 0 saturated carbocycles. The van der Waals surface area contributed by atoms with Crippen LogP contribution in [0.5, 0.6) is 0 Å². The van der Waals surface area contributed by atoms with Crippen LogP contribution in [0.4, 0.5) is 0 Å². The van der Waals surface area contributed by atoms with E-state index in [0.29, 0.717) is 17.1 Å². The first kappa shape index (κ1) is 18.3. The molecule has 134 valence electrons. The summed E-state index contributed by atoms with van der Waals surface area (Å²) in [5, 5.41) is 5.53. The predicted molar refractivity (Wildman–Crippen MR) is 104 cm³/mol. The number of ether oxygens (including phenoxy) is 1. The van der Waals surface area contributed by atoms with Crippen molar-refractivity contribution in [2.75, 3.05) is 13.2 Å². The molecular weight excluding hydrogens is 368 g/mol. The Kier molecular flexibility index (Phi) is 6.14. The summed E-state index contributed by atoms with van der Waals surface area (Å²) in [5.41, 5.74) is 1.44. The van der Waals surface area contributed by atoms with Crippen LogP contribution in [0, 0.1) is 6.92 Å². The zero-order valence-electron chi connectivity index (χ0n) is 14.2. The third-order valence-electron chi connectivity index (χ3n) is 3.57. The zero-order valence-corrected chi connectivity index (χ0v) is 15.9. The normalized spacial score (nSPS) is 10.5. The second-order valence-electron chi connectivity index (χ2n) is 5.53. The largest absolute Gasteiger partial charge is 0.451 e. The molecule has 7 heteroatoms. The van der Waals surface area contributed by atoms with Gasteiger partial charge in [-0.15, -0.1) is 22.7 Å². The zero-order chi connectivity index (χ0) is 18.4. The quantitative estimate of drug-likeness (QED) is 0.629. The van der Waals surface area contributed by atoms with Gasteiger partial charge in [0, 0.05) is 17.0 Å². The number of thiophene rings is 1. The molecule has 1 aromatic carbocycles. The van der Waals surface area contributed by atoms with Gasteiger partial charge in [-0.25, -0.2) is 9.78 Å². The number of hydrogen-bond acceptors (Lipinski definition) is 6. The molecule has 26 heavy (non-hydrogen) atoms. The van der Waals surface area contributed by atoms with E-state index in [1.807, 2.05) is 54.8 Å². The van der Waals surface area contributed by atoms with E-state index in [4.69, 9.17) is 4.74 Å². The lowest BCUT2D eigenvalue weighted by Crippen LogP contribution is -2.30. The number of amides is 1. The summed E-state index contributed by atoms with van der Waals surface area (Å²) in [6.07, 6.45) is 0.767. The maximum atomic E-state index is 12.4. The van der Waals surface area contributed by atoms with E-state index < -0.39 is 5.97 Å². The average Bonchev–Trinajstić information content (AvgIpc) is 3.30. The predicted octanol–water partition coefficient (Wildman–Crippen LogP) is 3.70. The first-order valence-electron chi connectivity index (χ1n) is 8.12. The molecule has 0 spiro atoms. The van der Waals surface area contributed by atoms with Crippen LogP contribution in [-0.4, -0.2) is 30.0 Å². The number of benzene rings is 1. The summed E-state index contributed by atoms with van der Waals surface area (Å²) in [5.74, 6) is -0.833. The highest BCUT2D eigenvalue weighted by atomic mass is 32.1. The lowest BCUT2D eigenvalue weighted by atomic mass is 10.1. The third-order valence-corrected chi connectivity index (χ3v) is 5.46. The van der Waals surface area contributed by atoms with Crippen LogP contribution in [-0.2, 0) is 16.0 Å². The molecule has 0 bridgehead atoms. The van der Waals surface area contributed by atoms with Gasteiger partial charge in [0.2, 0.25) is 0 Å². The summed E-state index contributed by atoms with van der Waals surface area (Å²) in [4.78, 5) is 30.3. The topological polar surface area (TPSA) is 68.3 Å². The molecule has 0 aliphatic heterocycles. The first-order chi connectivity index (χ1) is 12.6. The fraction of sp³-hybridized carbons (Fsp3) is 0.211. The Morgan fingerprint density at radius 3 is 2.69 bits per heavy atom. The van der Waals surface area contributed by atoms with E-state index >= 15 is 0 Å². The van der Waals surface area contributed by atoms with Gasteiger partial charge in [-0.1, -0.05) is 36.4 Å². The van der Waals surface area contributed by atoms with Gasteiger partial charge in [0.1, 0.15) is 4.88 Å². The van der Waals surface area contributed by atoms with Crippen molar-refractivity contribution in [3.63, 3.8) is 0 Å². The Morgan fingerprint density at radius 2 is 1.96 bits per heavy atom. The van der Waals surface area contributed by atoms with E-state index in [2.05, 4.69) is 10.3 Å². The molecule has 0 unspecified atom stereocenters. The minimum absolute atomic E-state index is 0.297. The van der Waals surface area contributed by atoms with Crippen molar-refractivity contribution in [2.45, 2.75) is 13.3 Å². The molecule has 0 fully saturated rings. The van der Waals surface area contributed by atoms with Gasteiger partial charge in [0.15, 0.2) is 6.61 Å². The summed E-state index contributed by atoms with van der Waals surface area (Å²) >= 11 is 2.92. The molecule has 0 aliphatic carbocycles. The maximum Gasteiger partial charge on any atom is 0.351 e. The number of hydrogen-bond donors (Lipinski definition) is 1. The fourth-order valence-corrected chi connectivity index (χ4v) is 3.93. The van der Waals surface area contributed by atoms with Gasteiger partial charge >= 0.3 is 5.97 Å². The smallest absolute Gasteiger partial charge is 0.351 e. The monoisotopic (exact) mass is 386 g/mol. The summed E-state index contributed by atoms with van der Waals surface area (Å²) in [6, 6.07) is 13.5. The number of carbonyl (C=O) groups excluding carboxylic acids is 2. The van der Waals surface area contributed by atoms with Gasteiger partial charge in [-0.05, 0) is 24.8 Å². The van der Waals surface area contributed by atoms with Crippen LogP contribution in [0.1, 0.15) is 19.6 Å². The Hall–Kier alpha value is -2.51. The van der Waals surface area contributed by atoms with Crippen molar-refractivity contribution < 1.29 is 14.3 Å². The summed E-state index contributed by atoms with van der Waals surface area (Å²) < 4.78 is 5.18. The lowest BCUT2D eigenvalue weighted by molar-refractivity contribution is -0.124. The molecule has 0 atom stereocenters. The highest BCUT2D eigenvalue weighted by Crippen LogP contribution is 2.28. The number of thiazole rings is 1. The fourth-order valence-electron chi connectivity index (χ4n) is 2.38. The van der Waals surface area contributed by atoms with Crippen molar-refractivity contribution in [1.29, 1.82) is 0 Å². The average molecular weight is 386 g/mol. The molecule has 1 N–H and O–H groups in total. The van der Waals surface area contributed by atoms with Crippen molar-refractivity contribution in [3.05, 3.63) is 62.6 Å². The second kappa shape index (κ2) is 8.73. The van der Waals surface area contributed by atoms with Gasteiger partial charge in [-0.2, -0.15) is 0 Å².